The SMILES string of the molecule is C[C@@H]1CN(C(=O)C(C)(F)F)CCN1. The number of nitrogens with zero attached hydrogens (tertiary/aromatic N) is 1. The van der Waals surface area contributed by atoms with Crippen molar-refractivity contribution < 1.29 is 13.6 Å². The molecular weight excluding hydrogens is 178 g/mol. The van der Waals surface area contributed by atoms with E-state index in [0.717, 1.165) is 0 Å². The Kier molecular flexibility index (Phi) is 2.85. The molecule has 0 aromatic rings. The lowest BCUT2D eigenvalue weighted by atomic mass is 10.2. The summed E-state index contributed by atoms with van der Waals surface area (Å²) < 4.78 is 25.2. The second-order valence-electron chi connectivity index (χ2n) is 3.49. The lowest BCUT2D eigenvalue weighted by Gasteiger charge is -2.33. The van der Waals surface area contributed by atoms with Crippen molar-refractivity contribution in [2.24, 2.45) is 0 Å². The molecule has 1 saturated heterocycles. The van der Waals surface area contributed by atoms with Crippen LogP contribution in [0.2, 0.25) is 0 Å². The highest BCUT2D eigenvalue weighted by molar-refractivity contribution is 5.83. The fraction of sp³-hybridized carbons (Fsp3) is 0.875. The first-order chi connectivity index (χ1) is 5.91. The van der Waals surface area contributed by atoms with Gasteiger partial charge in [-0.3, -0.25) is 4.79 Å². The van der Waals surface area contributed by atoms with Crippen LogP contribution < -0.4 is 5.32 Å². The predicted octanol–water partition coefficient (Wildman–Crippen LogP) is 0.462. The number of rotatable bonds is 1. The minimum atomic E-state index is -3.24. The van der Waals surface area contributed by atoms with Gasteiger partial charge in [0, 0.05) is 32.6 Å². The fourth-order valence-corrected chi connectivity index (χ4v) is 1.39. The molecule has 1 rings (SSSR count). The van der Waals surface area contributed by atoms with E-state index < -0.39 is 11.8 Å². The van der Waals surface area contributed by atoms with Gasteiger partial charge in [0.05, 0.1) is 0 Å². The van der Waals surface area contributed by atoms with E-state index >= 15 is 0 Å². The standard InChI is InChI=1S/C8H14F2N2O/c1-6-5-12(4-3-11-6)7(13)8(2,9)10/h6,11H,3-5H2,1-2H3/t6-/m1/s1. The van der Waals surface area contributed by atoms with Crippen LogP contribution in [0.3, 0.4) is 0 Å². The highest BCUT2D eigenvalue weighted by Crippen LogP contribution is 2.16. The van der Waals surface area contributed by atoms with Gasteiger partial charge in [-0.2, -0.15) is 8.78 Å². The van der Waals surface area contributed by atoms with E-state index in [1.807, 2.05) is 6.92 Å². The molecule has 5 heteroatoms. The lowest BCUT2D eigenvalue weighted by Crippen LogP contribution is -2.54. The first-order valence-corrected chi connectivity index (χ1v) is 4.32. The highest BCUT2D eigenvalue weighted by Gasteiger charge is 2.37. The van der Waals surface area contributed by atoms with Crippen molar-refractivity contribution in [1.29, 1.82) is 0 Å². The Bertz CT molecular complexity index is 203. The quantitative estimate of drug-likeness (QED) is 0.654. The number of piperazine rings is 1. The van der Waals surface area contributed by atoms with E-state index in [-0.39, 0.29) is 6.04 Å². The smallest absolute Gasteiger partial charge is 0.322 e. The van der Waals surface area contributed by atoms with Gasteiger partial charge in [0.25, 0.3) is 5.91 Å². The van der Waals surface area contributed by atoms with Crippen molar-refractivity contribution in [3.05, 3.63) is 0 Å². The van der Waals surface area contributed by atoms with Gasteiger partial charge in [-0.25, -0.2) is 0 Å². The molecule has 1 aliphatic heterocycles. The summed E-state index contributed by atoms with van der Waals surface area (Å²) >= 11 is 0. The number of halogens is 2. The highest BCUT2D eigenvalue weighted by atomic mass is 19.3. The van der Waals surface area contributed by atoms with Crippen molar-refractivity contribution in [2.75, 3.05) is 19.6 Å². The van der Waals surface area contributed by atoms with Gasteiger partial charge in [-0.15, -0.1) is 0 Å². The van der Waals surface area contributed by atoms with E-state index in [1.165, 1.54) is 4.90 Å². The van der Waals surface area contributed by atoms with Crippen molar-refractivity contribution in [1.82, 2.24) is 10.2 Å². The molecule has 76 valence electrons. The van der Waals surface area contributed by atoms with Crippen LogP contribution in [0.4, 0.5) is 8.78 Å². The molecule has 0 unspecified atom stereocenters. The number of hydrogen-bond acceptors (Lipinski definition) is 2. The van der Waals surface area contributed by atoms with E-state index in [4.69, 9.17) is 0 Å². The zero-order chi connectivity index (χ0) is 10.1. The van der Waals surface area contributed by atoms with Crippen LogP contribution in [-0.4, -0.2) is 42.4 Å². The Morgan fingerprint density at radius 1 is 1.62 bits per heavy atom. The van der Waals surface area contributed by atoms with Gasteiger partial charge < -0.3 is 10.2 Å². The summed E-state index contributed by atoms with van der Waals surface area (Å²) in [6.07, 6.45) is 0. The Morgan fingerprint density at radius 2 is 2.23 bits per heavy atom. The molecule has 1 heterocycles. The maximum Gasteiger partial charge on any atom is 0.322 e. The van der Waals surface area contributed by atoms with E-state index in [9.17, 15) is 13.6 Å². The first-order valence-electron chi connectivity index (χ1n) is 4.32. The van der Waals surface area contributed by atoms with Gasteiger partial charge in [-0.1, -0.05) is 0 Å². The van der Waals surface area contributed by atoms with Crippen LogP contribution in [0.15, 0.2) is 0 Å². The van der Waals surface area contributed by atoms with Crippen LogP contribution in [0.25, 0.3) is 0 Å². The number of amides is 1. The maximum atomic E-state index is 12.6. The summed E-state index contributed by atoms with van der Waals surface area (Å²) in [5.74, 6) is -4.31. The van der Waals surface area contributed by atoms with E-state index in [2.05, 4.69) is 5.32 Å². The third-order valence-corrected chi connectivity index (χ3v) is 2.03. The van der Waals surface area contributed by atoms with Crippen LogP contribution >= 0.6 is 0 Å². The molecule has 0 aliphatic carbocycles. The zero-order valence-corrected chi connectivity index (χ0v) is 7.81. The van der Waals surface area contributed by atoms with Crippen molar-refractivity contribution in [3.63, 3.8) is 0 Å². The van der Waals surface area contributed by atoms with Crippen LogP contribution in [0.1, 0.15) is 13.8 Å². The fourth-order valence-electron chi connectivity index (χ4n) is 1.39. The van der Waals surface area contributed by atoms with E-state index in [0.29, 0.717) is 26.6 Å². The normalized spacial score (nSPS) is 24.6. The molecule has 1 fully saturated rings. The predicted molar refractivity (Wildman–Crippen MR) is 44.7 cm³/mol. The van der Waals surface area contributed by atoms with Crippen LogP contribution in [0, 0.1) is 0 Å². The number of carbonyl (C=O) groups is 1. The summed E-state index contributed by atoms with van der Waals surface area (Å²) in [6, 6.07) is 0.0973. The summed E-state index contributed by atoms with van der Waals surface area (Å²) in [7, 11) is 0. The Labute approximate surface area is 76.1 Å². The van der Waals surface area contributed by atoms with Crippen molar-refractivity contribution >= 4 is 5.91 Å². The molecule has 13 heavy (non-hydrogen) atoms. The number of hydrogen-bond donors (Lipinski definition) is 1. The van der Waals surface area contributed by atoms with Gasteiger partial charge in [0.2, 0.25) is 0 Å². The van der Waals surface area contributed by atoms with Crippen molar-refractivity contribution in [2.45, 2.75) is 25.8 Å². The zero-order valence-electron chi connectivity index (χ0n) is 7.81. The summed E-state index contributed by atoms with van der Waals surface area (Å²) in [6.45, 7) is 3.83. The van der Waals surface area contributed by atoms with Gasteiger partial charge >= 0.3 is 5.92 Å². The molecule has 1 N–H and O–H groups in total. The third-order valence-electron chi connectivity index (χ3n) is 2.03. The maximum absolute atomic E-state index is 12.6. The van der Waals surface area contributed by atoms with Crippen LogP contribution in [-0.2, 0) is 4.79 Å². The summed E-state index contributed by atoms with van der Waals surface area (Å²) in [4.78, 5) is 12.3. The molecule has 3 nitrogen and oxygen atoms in total. The molecule has 0 saturated carbocycles. The van der Waals surface area contributed by atoms with Gasteiger partial charge in [-0.05, 0) is 6.92 Å². The molecule has 0 spiro atoms. The van der Waals surface area contributed by atoms with Crippen molar-refractivity contribution in [3.8, 4) is 0 Å². The molecule has 0 aromatic carbocycles. The monoisotopic (exact) mass is 192 g/mol. The first kappa shape index (κ1) is 10.4. The Morgan fingerprint density at radius 3 is 2.69 bits per heavy atom. The average molecular weight is 192 g/mol. The molecule has 1 aliphatic rings. The minimum absolute atomic E-state index is 0.0973. The number of carbonyl (C=O) groups excluding carboxylic acids is 1. The molecule has 0 aromatic heterocycles. The lowest BCUT2D eigenvalue weighted by molar-refractivity contribution is -0.156. The molecule has 1 amide bonds. The average Bonchev–Trinajstić information content (AvgIpc) is 2.01. The van der Waals surface area contributed by atoms with E-state index in [1.54, 1.807) is 0 Å². The second-order valence-corrected chi connectivity index (χ2v) is 3.49. The summed E-state index contributed by atoms with van der Waals surface area (Å²) in [5.41, 5.74) is 0. The molecule has 0 bridgehead atoms. The number of alkyl halides is 2. The minimum Gasteiger partial charge on any atom is -0.335 e. The molecule has 1 atom stereocenters. The number of nitrogens with one attached hydrogen (secondary N) is 1. The van der Waals surface area contributed by atoms with Crippen LogP contribution in [0.5, 0.6) is 0 Å². The Balaban J connectivity index is 2.56. The third kappa shape index (κ3) is 2.62. The topological polar surface area (TPSA) is 32.3 Å². The van der Waals surface area contributed by atoms with Gasteiger partial charge in [0.1, 0.15) is 0 Å². The largest absolute Gasteiger partial charge is 0.335 e. The van der Waals surface area contributed by atoms with Gasteiger partial charge in [0.15, 0.2) is 0 Å². The summed E-state index contributed by atoms with van der Waals surface area (Å²) in [5, 5.41) is 3.08. The Hall–Kier alpha value is -0.710. The second kappa shape index (κ2) is 3.57. The molecule has 0 radical (unpaired) electrons. The molecular formula is C8H14F2N2O.